The molecule has 4 rings (SSSR count). The van der Waals surface area contributed by atoms with Crippen molar-refractivity contribution in [3.05, 3.63) is 72.1 Å². The average Bonchev–Trinajstić information content (AvgIpc) is 3.02. The molecule has 0 aliphatic carbocycles. The predicted octanol–water partition coefficient (Wildman–Crippen LogP) is 8.60. The average molecular weight is 615 g/mol. The fourth-order valence-electron chi connectivity index (χ4n) is 6.62. The number of fused-ring (bicyclic) bond motifs is 2. The molecule has 0 spiro atoms. The lowest BCUT2D eigenvalue weighted by molar-refractivity contribution is -1.10. The first-order valence-electron chi connectivity index (χ1n) is 17.4. The summed E-state index contributed by atoms with van der Waals surface area (Å²) in [5, 5.41) is 4.61. The van der Waals surface area contributed by atoms with E-state index in [0.29, 0.717) is 19.4 Å². The number of benzene rings is 2. The van der Waals surface area contributed by atoms with Crippen LogP contribution >= 0.6 is 0 Å². The number of quaternary nitrogens is 2. The Morgan fingerprint density at radius 2 is 1.02 bits per heavy atom. The second-order valence-corrected chi connectivity index (χ2v) is 13.8. The van der Waals surface area contributed by atoms with Crippen LogP contribution in [0.15, 0.2) is 60.7 Å². The van der Waals surface area contributed by atoms with Crippen LogP contribution in [-0.2, 0) is 12.8 Å². The summed E-state index contributed by atoms with van der Waals surface area (Å²) in [7, 11) is 9.44. The van der Waals surface area contributed by atoms with Crippen LogP contribution in [0.1, 0.15) is 77.1 Å². The van der Waals surface area contributed by atoms with Gasteiger partial charge in [0.15, 0.2) is 0 Å². The molecule has 2 aromatic heterocycles. The van der Waals surface area contributed by atoms with Crippen molar-refractivity contribution < 1.29 is 18.4 Å². The topological polar surface area (TPSA) is 44.2 Å². The molecule has 2 aromatic carbocycles. The number of aromatic nitrogens is 2. The first kappa shape index (κ1) is 34.6. The molecule has 0 atom stereocenters. The van der Waals surface area contributed by atoms with Crippen molar-refractivity contribution in [2.75, 3.05) is 54.5 Å². The van der Waals surface area contributed by atoms with Gasteiger partial charge in [-0.25, -0.2) is 9.97 Å². The van der Waals surface area contributed by atoms with E-state index in [1.807, 2.05) is 0 Å². The highest BCUT2D eigenvalue weighted by Gasteiger charge is 2.41. The van der Waals surface area contributed by atoms with Gasteiger partial charge in [0, 0.05) is 22.2 Å². The zero-order valence-electron chi connectivity index (χ0n) is 29.1. The molecule has 0 fully saturated rings. The number of rotatable bonds is 19. The molecule has 0 radical (unpaired) electrons. The Labute approximate surface area is 272 Å². The summed E-state index contributed by atoms with van der Waals surface area (Å²) in [6.45, 7) is 9.79. The molecule has 2 heterocycles. The number of pyridine rings is 2. The largest absolute Gasteiger partial charge is 0.471 e. The molecule has 0 amide bonds. The Hall–Kier alpha value is -3.22. The molecule has 0 N–H and O–H groups in total. The maximum atomic E-state index is 6.50. The van der Waals surface area contributed by atoms with Gasteiger partial charge in [0.05, 0.1) is 34.6 Å². The smallest absolute Gasteiger partial charge is 0.221 e. The minimum absolute atomic E-state index is 0.401. The van der Waals surface area contributed by atoms with E-state index in [2.05, 4.69) is 110 Å². The summed E-state index contributed by atoms with van der Waals surface area (Å²) in [5.74, 6) is 1.54. The van der Waals surface area contributed by atoms with Crippen molar-refractivity contribution in [3.63, 3.8) is 0 Å². The molecule has 4 aromatic rings. The third-order valence-corrected chi connectivity index (χ3v) is 9.33. The maximum absolute atomic E-state index is 6.50. The molecule has 6 nitrogen and oxygen atoms in total. The lowest BCUT2D eigenvalue weighted by atomic mass is 10.1. The van der Waals surface area contributed by atoms with Crippen molar-refractivity contribution in [2.24, 2.45) is 0 Å². The van der Waals surface area contributed by atoms with Crippen LogP contribution < -0.4 is 9.47 Å². The summed E-state index contributed by atoms with van der Waals surface area (Å²) >= 11 is 0. The van der Waals surface area contributed by atoms with Crippen molar-refractivity contribution >= 4 is 21.5 Å². The number of ether oxygens (including phenoxy) is 2. The zero-order valence-corrected chi connectivity index (χ0v) is 29.1. The lowest BCUT2D eigenvalue weighted by Crippen LogP contribution is -2.66. The fraction of sp³-hybridized carbons (Fsp3) is 0.538. The van der Waals surface area contributed by atoms with E-state index in [0.717, 1.165) is 101 Å². The summed E-state index contributed by atoms with van der Waals surface area (Å²) < 4.78 is 14.7. The number of hydrogen-bond donors (Lipinski definition) is 0. The Balaban J connectivity index is 1.45. The number of nitrogens with zero attached hydrogens (tertiary/aromatic N) is 4. The van der Waals surface area contributed by atoms with E-state index < -0.39 is 0 Å². The van der Waals surface area contributed by atoms with Gasteiger partial charge >= 0.3 is 0 Å². The first-order valence-corrected chi connectivity index (χ1v) is 17.4. The zero-order chi connectivity index (χ0) is 32.3. The highest BCUT2D eigenvalue weighted by atomic mass is 16.5. The number of unbranched alkanes of at least 4 members (excludes halogenated alkanes) is 3. The van der Waals surface area contributed by atoms with Crippen LogP contribution in [0, 0.1) is 0 Å². The minimum atomic E-state index is 0.401. The molecule has 244 valence electrons. The van der Waals surface area contributed by atoms with E-state index >= 15 is 0 Å². The highest BCUT2D eigenvalue weighted by Crippen LogP contribution is 2.28. The summed E-state index contributed by atoms with van der Waals surface area (Å²) in [5.41, 5.74) is 2.24. The predicted molar refractivity (Wildman–Crippen MR) is 189 cm³/mol. The maximum Gasteiger partial charge on any atom is 0.221 e. The van der Waals surface area contributed by atoms with Crippen LogP contribution in [0.5, 0.6) is 11.8 Å². The standard InChI is InChI=1S/C39H58N4O2/c1-8-11-20-33-29-31-18-14-16-22-35(31)38(40-33)44-27-25-42(4,5)37(24-13-10-3)43(6,7)26-28-45-39-36-23-17-15-19-32(36)30-34(41-39)21-12-9-2/h14-19,22-23,29-30,37H,8-13,20-21,24-28H2,1-7H3/q+2. The van der Waals surface area contributed by atoms with E-state index in [1.165, 1.54) is 23.6 Å². The minimum Gasteiger partial charge on any atom is -0.471 e. The van der Waals surface area contributed by atoms with Crippen LogP contribution in [0.4, 0.5) is 0 Å². The van der Waals surface area contributed by atoms with E-state index in [-0.39, 0.29) is 0 Å². The molecule has 0 aliphatic heterocycles. The molecular formula is C39H58N4O2+2. The van der Waals surface area contributed by atoms with Crippen molar-refractivity contribution in [1.29, 1.82) is 0 Å². The van der Waals surface area contributed by atoms with Gasteiger partial charge in [-0.2, -0.15) is 0 Å². The van der Waals surface area contributed by atoms with Gasteiger partial charge in [-0.15, -0.1) is 0 Å². The summed E-state index contributed by atoms with van der Waals surface area (Å²) in [6.07, 6.45) is 10.5. The van der Waals surface area contributed by atoms with E-state index in [4.69, 9.17) is 19.4 Å². The molecule has 0 aliphatic rings. The lowest BCUT2D eigenvalue weighted by Gasteiger charge is -2.46. The summed E-state index contributed by atoms with van der Waals surface area (Å²) in [6, 6.07) is 21.4. The van der Waals surface area contributed by atoms with Crippen LogP contribution in [0.2, 0.25) is 0 Å². The highest BCUT2D eigenvalue weighted by molar-refractivity contribution is 5.87. The SMILES string of the molecule is CCCCc1cc2ccccc2c(OCC[N+](C)(C)C(CCCC)[N+](C)(C)CCOc2nc(CCCC)cc3ccccc23)n1. The number of aryl methyl sites for hydroxylation is 2. The van der Waals surface area contributed by atoms with Crippen LogP contribution in [-0.4, -0.2) is 79.6 Å². The Morgan fingerprint density at radius 1 is 0.600 bits per heavy atom. The van der Waals surface area contributed by atoms with Gasteiger partial charge in [0.2, 0.25) is 17.9 Å². The van der Waals surface area contributed by atoms with Crippen LogP contribution in [0.25, 0.3) is 21.5 Å². The quantitative estimate of drug-likeness (QED) is 0.0784. The molecular weight excluding hydrogens is 556 g/mol. The van der Waals surface area contributed by atoms with Gasteiger partial charge in [0.25, 0.3) is 0 Å². The molecule has 0 saturated heterocycles. The monoisotopic (exact) mass is 614 g/mol. The van der Waals surface area contributed by atoms with Gasteiger partial charge in [-0.1, -0.05) is 76.4 Å². The fourth-order valence-corrected chi connectivity index (χ4v) is 6.62. The molecule has 45 heavy (non-hydrogen) atoms. The van der Waals surface area contributed by atoms with Gasteiger partial charge in [-0.05, 0) is 67.1 Å². The number of likely N-dealkylation sites (N-methyl/N-ethyl adjacent to an activating group) is 2. The third kappa shape index (κ3) is 9.40. The van der Waals surface area contributed by atoms with Gasteiger partial charge in [-0.3, -0.25) is 8.97 Å². The second kappa shape index (κ2) is 16.4. The van der Waals surface area contributed by atoms with Gasteiger partial charge < -0.3 is 9.47 Å². The van der Waals surface area contributed by atoms with Crippen molar-refractivity contribution in [1.82, 2.24) is 9.97 Å². The van der Waals surface area contributed by atoms with Crippen molar-refractivity contribution in [2.45, 2.75) is 84.7 Å². The summed E-state index contributed by atoms with van der Waals surface area (Å²) in [4.78, 5) is 9.92. The van der Waals surface area contributed by atoms with Crippen molar-refractivity contribution in [3.8, 4) is 11.8 Å². The Kier molecular flexibility index (Phi) is 12.6. The second-order valence-electron chi connectivity index (χ2n) is 13.8. The normalized spacial score (nSPS) is 12.4. The Bertz CT molecular complexity index is 1390. The molecule has 0 bridgehead atoms. The first-order chi connectivity index (χ1) is 21.7. The van der Waals surface area contributed by atoms with E-state index in [9.17, 15) is 0 Å². The van der Waals surface area contributed by atoms with E-state index in [1.54, 1.807) is 0 Å². The molecule has 6 heteroatoms. The van der Waals surface area contributed by atoms with Gasteiger partial charge in [0.1, 0.15) is 26.3 Å². The Morgan fingerprint density at radius 3 is 1.44 bits per heavy atom. The van der Waals surface area contributed by atoms with Crippen LogP contribution in [0.3, 0.4) is 0 Å². The molecule has 0 unspecified atom stereocenters. The number of hydrogen-bond acceptors (Lipinski definition) is 4. The molecule has 0 saturated carbocycles. The third-order valence-electron chi connectivity index (χ3n) is 9.33.